The van der Waals surface area contributed by atoms with E-state index in [0.29, 0.717) is 12.2 Å². The van der Waals surface area contributed by atoms with E-state index in [4.69, 9.17) is 0 Å². The van der Waals surface area contributed by atoms with Crippen molar-refractivity contribution in [2.24, 2.45) is 0 Å². The average Bonchev–Trinajstić information content (AvgIpc) is 2.91. The fraction of sp³-hybridized carbons (Fsp3) is 0.355. The van der Waals surface area contributed by atoms with Crippen LogP contribution in [-0.2, 0) is 26.2 Å². The molecule has 0 radical (unpaired) electrons. The second-order valence-corrected chi connectivity index (χ2v) is 11.8. The number of sulfonamides is 1. The first-order chi connectivity index (χ1) is 18.5. The van der Waals surface area contributed by atoms with Gasteiger partial charge in [-0.05, 0) is 81.5 Å². The number of anilines is 1. The van der Waals surface area contributed by atoms with Crippen molar-refractivity contribution in [3.8, 4) is 0 Å². The van der Waals surface area contributed by atoms with Crippen molar-refractivity contribution < 1.29 is 18.0 Å². The standard InChI is InChI=1S/C31H39N3O4S/c1-7-19-32-31(36)26(6)33(20-27-13-9-8-11-24(27)4)30(35)21-34(29-14-10-12-23(3)25(29)5)39(37,38)28-17-15-22(2)16-18-28/h8-18,26H,7,19-21H2,1-6H3,(H,32,36)/t26-/m1/s1. The van der Waals surface area contributed by atoms with E-state index in [-0.39, 0.29) is 17.3 Å². The number of carbonyl (C=O) groups is 2. The minimum absolute atomic E-state index is 0.0981. The molecule has 0 saturated heterocycles. The summed E-state index contributed by atoms with van der Waals surface area (Å²) in [6.45, 7) is 11.4. The fourth-order valence-corrected chi connectivity index (χ4v) is 5.78. The Bertz CT molecular complexity index is 1420. The molecule has 7 nitrogen and oxygen atoms in total. The summed E-state index contributed by atoms with van der Waals surface area (Å²) < 4.78 is 29.2. The van der Waals surface area contributed by atoms with Crippen LogP contribution in [0.1, 0.15) is 48.1 Å². The molecule has 0 aliphatic rings. The van der Waals surface area contributed by atoms with Gasteiger partial charge in [0.15, 0.2) is 0 Å². The van der Waals surface area contributed by atoms with Crippen LogP contribution in [0.15, 0.2) is 71.6 Å². The van der Waals surface area contributed by atoms with Crippen molar-refractivity contribution in [3.05, 3.63) is 94.5 Å². The zero-order valence-corrected chi connectivity index (χ0v) is 24.5. The van der Waals surface area contributed by atoms with Crippen molar-refractivity contribution in [1.29, 1.82) is 0 Å². The lowest BCUT2D eigenvalue weighted by Crippen LogP contribution is -2.51. The number of carbonyl (C=O) groups excluding carboxylic acids is 2. The Labute approximate surface area is 232 Å². The summed E-state index contributed by atoms with van der Waals surface area (Å²) in [5.74, 6) is -0.743. The highest BCUT2D eigenvalue weighted by atomic mass is 32.2. The highest BCUT2D eigenvalue weighted by Crippen LogP contribution is 2.29. The highest BCUT2D eigenvalue weighted by molar-refractivity contribution is 7.92. The minimum atomic E-state index is -4.09. The van der Waals surface area contributed by atoms with Gasteiger partial charge in [-0.1, -0.05) is 61.0 Å². The number of hydrogen-bond donors (Lipinski definition) is 1. The van der Waals surface area contributed by atoms with Crippen LogP contribution in [0.3, 0.4) is 0 Å². The summed E-state index contributed by atoms with van der Waals surface area (Å²) in [4.78, 5) is 28.6. The zero-order valence-electron chi connectivity index (χ0n) is 23.7. The topological polar surface area (TPSA) is 86.8 Å². The van der Waals surface area contributed by atoms with Gasteiger partial charge in [0.1, 0.15) is 12.6 Å². The largest absolute Gasteiger partial charge is 0.354 e. The van der Waals surface area contributed by atoms with Crippen molar-refractivity contribution in [3.63, 3.8) is 0 Å². The third kappa shape index (κ3) is 7.06. The van der Waals surface area contributed by atoms with Gasteiger partial charge in [-0.3, -0.25) is 13.9 Å². The first-order valence-corrected chi connectivity index (χ1v) is 14.7. The van der Waals surface area contributed by atoms with Crippen LogP contribution in [0.4, 0.5) is 5.69 Å². The van der Waals surface area contributed by atoms with E-state index in [1.54, 1.807) is 43.3 Å². The molecule has 1 N–H and O–H groups in total. The quantitative estimate of drug-likeness (QED) is 0.362. The Hall–Kier alpha value is -3.65. The molecule has 208 valence electrons. The van der Waals surface area contributed by atoms with Crippen LogP contribution >= 0.6 is 0 Å². The van der Waals surface area contributed by atoms with Gasteiger partial charge in [0.25, 0.3) is 10.0 Å². The summed E-state index contributed by atoms with van der Waals surface area (Å²) in [5, 5.41) is 2.87. The van der Waals surface area contributed by atoms with E-state index in [9.17, 15) is 18.0 Å². The summed E-state index contributed by atoms with van der Waals surface area (Å²) in [7, 11) is -4.09. The lowest BCUT2D eigenvalue weighted by molar-refractivity contribution is -0.139. The van der Waals surface area contributed by atoms with Crippen molar-refractivity contribution in [1.82, 2.24) is 10.2 Å². The van der Waals surface area contributed by atoms with E-state index in [0.717, 1.165) is 34.2 Å². The molecule has 0 aromatic heterocycles. The lowest BCUT2D eigenvalue weighted by Gasteiger charge is -2.33. The summed E-state index contributed by atoms with van der Waals surface area (Å²) in [6.07, 6.45) is 0.763. The number of nitrogens with one attached hydrogen (secondary N) is 1. The van der Waals surface area contributed by atoms with Gasteiger partial charge >= 0.3 is 0 Å². The minimum Gasteiger partial charge on any atom is -0.354 e. The molecule has 0 aliphatic heterocycles. The van der Waals surface area contributed by atoms with Gasteiger partial charge < -0.3 is 10.2 Å². The number of amides is 2. The van der Waals surface area contributed by atoms with Crippen molar-refractivity contribution >= 4 is 27.5 Å². The normalized spacial score (nSPS) is 12.1. The summed E-state index contributed by atoms with van der Waals surface area (Å²) in [5.41, 5.74) is 4.91. The van der Waals surface area contributed by atoms with E-state index < -0.39 is 28.5 Å². The molecule has 0 saturated carbocycles. The third-order valence-electron chi connectivity index (χ3n) is 7.05. The molecule has 39 heavy (non-hydrogen) atoms. The predicted molar refractivity (Wildman–Crippen MR) is 156 cm³/mol. The van der Waals surface area contributed by atoms with Gasteiger partial charge in [-0.25, -0.2) is 8.42 Å². The van der Waals surface area contributed by atoms with Crippen molar-refractivity contribution in [2.45, 2.75) is 65.4 Å². The number of rotatable bonds is 11. The first kappa shape index (κ1) is 29.9. The molecule has 1 atom stereocenters. The highest BCUT2D eigenvalue weighted by Gasteiger charge is 2.33. The van der Waals surface area contributed by atoms with Crippen LogP contribution in [-0.4, -0.2) is 44.3 Å². The van der Waals surface area contributed by atoms with E-state index in [1.807, 2.05) is 65.0 Å². The molecule has 3 rings (SSSR count). The molecule has 0 unspecified atom stereocenters. The van der Waals surface area contributed by atoms with E-state index >= 15 is 0 Å². The number of benzene rings is 3. The van der Waals surface area contributed by atoms with Crippen molar-refractivity contribution in [2.75, 3.05) is 17.4 Å². The molecule has 0 bridgehead atoms. The SMILES string of the molecule is CCCNC(=O)[C@@H](C)N(Cc1ccccc1C)C(=O)CN(c1cccc(C)c1C)S(=O)(=O)c1ccc(C)cc1. The molecular formula is C31H39N3O4S. The fourth-order valence-electron chi connectivity index (χ4n) is 4.31. The van der Waals surface area contributed by atoms with Gasteiger partial charge in [0.05, 0.1) is 10.6 Å². The van der Waals surface area contributed by atoms with Crippen LogP contribution < -0.4 is 9.62 Å². The third-order valence-corrected chi connectivity index (χ3v) is 8.83. The second-order valence-electron chi connectivity index (χ2n) is 9.96. The maximum atomic E-state index is 14.0. The summed E-state index contributed by atoms with van der Waals surface area (Å²) in [6, 6.07) is 18.8. The Morgan fingerprint density at radius 3 is 2.15 bits per heavy atom. The number of nitrogens with zero attached hydrogens (tertiary/aromatic N) is 2. The van der Waals surface area contributed by atoms with Crippen LogP contribution in [0.2, 0.25) is 0 Å². The monoisotopic (exact) mass is 549 g/mol. The number of hydrogen-bond acceptors (Lipinski definition) is 4. The van der Waals surface area contributed by atoms with Gasteiger partial charge in [-0.15, -0.1) is 0 Å². The Kier molecular flexibility index (Phi) is 9.92. The predicted octanol–water partition coefficient (Wildman–Crippen LogP) is 5.06. The van der Waals surface area contributed by atoms with Crippen LogP contribution in [0.25, 0.3) is 0 Å². The Morgan fingerprint density at radius 2 is 1.51 bits per heavy atom. The molecule has 3 aromatic carbocycles. The maximum Gasteiger partial charge on any atom is 0.264 e. The average molecular weight is 550 g/mol. The Morgan fingerprint density at radius 1 is 0.872 bits per heavy atom. The van der Waals surface area contributed by atoms with Gasteiger partial charge in [0.2, 0.25) is 11.8 Å². The van der Waals surface area contributed by atoms with Crippen LogP contribution in [0, 0.1) is 27.7 Å². The maximum absolute atomic E-state index is 14.0. The lowest BCUT2D eigenvalue weighted by atomic mass is 10.1. The Balaban J connectivity index is 2.07. The van der Waals surface area contributed by atoms with E-state index in [2.05, 4.69) is 5.32 Å². The van der Waals surface area contributed by atoms with Gasteiger partial charge in [0, 0.05) is 13.1 Å². The van der Waals surface area contributed by atoms with E-state index in [1.165, 1.54) is 9.21 Å². The smallest absolute Gasteiger partial charge is 0.264 e. The number of aryl methyl sites for hydroxylation is 3. The molecule has 0 aliphatic carbocycles. The van der Waals surface area contributed by atoms with Gasteiger partial charge in [-0.2, -0.15) is 0 Å². The molecular weight excluding hydrogens is 510 g/mol. The molecule has 8 heteroatoms. The zero-order chi connectivity index (χ0) is 28.7. The molecule has 0 fully saturated rings. The molecule has 0 spiro atoms. The second kappa shape index (κ2) is 12.9. The summed E-state index contributed by atoms with van der Waals surface area (Å²) >= 11 is 0. The first-order valence-electron chi connectivity index (χ1n) is 13.2. The molecule has 3 aromatic rings. The molecule has 0 heterocycles. The molecule has 2 amide bonds. The van der Waals surface area contributed by atoms with Crippen LogP contribution in [0.5, 0.6) is 0 Å².